The first kappa shape index (κ1) is 17.7. The summed E-state index contributed by atoms with van der Waals surface area (Å²) in [7, 11) is 0. The third-order valence-electron chi connectivity index (χ3n) is 4.55. The molecule has 0 radical (unpaired) electrons. The smallest absolute Gasteiger partial charge is 0.254 e. The van der Waals surface area contributed by atoms with Gasteiger partial charge in [0.25, 0.3) is 5.91 Å². The summed E-state index contributed by atoms with van der Waals surface area (Å²) in [5.74, 6) is 0.939. The number of carbonyl (C=O) groups excluding carboxylic acids is 1. The van der Waals surface area contributed by atoms with Crippen LogP contribution in [-0.2, 0) is 13.2 Å². The average molecular weight is 378 g/mol. The maximum absolute atomic E-state index is 12.9. The van der Waals surface area contributed by atoms with E-state index in [4.69, 9.17) is 4.74 Å². The predicted octanol–water partition coefficient (Wildman–Crippen LogP) is 4.84. The molecule has 0 saturated heterocycles. The van der Waals surface area contributed by atoms with Gasteiger partial charge in [0, 0.05) is 17.0 Å². The van der Waals surface area contributed by atoms with Crippen molar-refractivity contribution in [2.24, 2.45) is 0 Å². The molecule has 4 rings (SSSR count). The SMILES string of the molecule is Cc1cccc(OCc2nc(CN(C(=O)c3ccccc3)C3CC3)cs2)c1. The van der Waals surface area contributed by atoms with Crippen molar-refractivity contribution in [2.45, 2.75) is 39.0 Å². The summed E-state index contributed by atoms with van der Waals surface area (Å²) in [6, 6.07) is 17.8. The van der Waals surface area contributed by atoms with Crippen LogP contribution in [0.3, 0.4) is 0 Å². The first-order valence-corrected chi connectivity index (χ1v) is 10.1. The largest absolute Gasteiger partial charge is 0.486 e. The van der Waals surface area contributed by atoms with E-state index in [1.54, 1.807) is 11.3 Å². The summed E-state index contributed by atoms with van der Waals surface area (Å²) in [6.45, 7) is 3.05. The zero-order valence-corrected chi connectivity index (χ0v) is 16.1. The fraction of sp³-hybridized carbons (Fsp3) is 0.273. The molecule has 1 heterocycles. The fourth-order valence-corrected chi connectivity index (χ4v) is 3.71. The number of aromatic nitrogens is 1. The highest BCUT2D eigenvalue weighted by Gasteiger charge is 2.33. The Bertz CT molecular complexity index is 919. The van der Waals surface area contributed by atoms with E-state index >= 15 is 0 Å². The van der Waals surface area contributed by atoms with Crippen LogP contribution in [0.15, 0.2) is 60.0 Å². The molecule has 1 amide bonds. The normalized spacial score (nSPS) is 13.4. The molecule has 1 aromatic heterocycles. The van der Waals surface area contributed by atoms with Crippen molar-refractivity contribution in [3.63, 3.8) is 0 Å². The zero-order valence-electron chi connectivity index (χ0n) is 15.3. The molecule has 1 fully saturated rings. The molecule has 0 spiro atoms. The van der Waals surface area contributed by atoms with Gasteiger partial charge in [-0.2, -0.15) is 0 Å². The molecule has 1 saturated carbocycles. The van der Waals surface area contributed by atoms with Gasteiger partial charge >= 0.3 is 0 Å². The Hall–Kier alpha value is -2.66. The maximum Gasteiger partial charge on any atom is 0.254 e. The number of rotatable bonds is 7. The third-order valence-corrected chi connectivity index (χ3v) is 5.42. The van der Waals surface area contributed by atoms with Gasteiger partial charge in [-0.15, -0.1) is 11.3 Å². The zero-order chi connectivity index (χ0) is 18.6. The van der Waals surface area contributed by atoms with Crippen molar-refractivity contribution >= 4 is 17.2 Å². The van der Waals surface area contributed by atoms with Crippen LogP contribution in [0.25, 0.3) is 0 Å². The van der Waals surface area contributed by atoms with Gasteiger partial charge in [0.1, 0.15) is 17.4 Å². The van der Waals surface area contributed by atoms with Gasteiger partial charge in [-0.25, -0.2) is 4.98 Å². The monoisotopic (exact) mass is 378 g/mol. The molecule has 0 atom stereocenters. The lowest BCUT2D eigenvalue weighted by molar-refractivity contribution is 0.0728. The van der Waals surface area contributed by atoms with Gasteiger partial charge in [0.2, 0.25) is 0 Å². The van der Waals surface area contributed by atoms with Crippen molar-refractivity contribution in [1.82, 2.24) is 9.88 Å². The van der Waals surface area contributed by atoms with Gasteiger partial charge in [0.05, 0.1) is 12.2 Å². The van der Waals surface area contributed by atoms with E-state index in [1.807, 2.05) is 71.8 Å². The Morgan fingerprint density at radius 2 is 2.00 bits per heavy atom. The molecule has 2 aromatic carbocycles. The van der Waals surface area contributed by atoms with Crippen LogP contribution in [0.4, 0.5) is 0 Å². The van der Waals surface area contributed by atoms with Gasteiger partial charge < -0.3 is 9.64 Å². The Kier molecular flexibility index (Phi) is 5.21. The quantitative estimate of drug-likeness (QED) is 0.591. The topological polar surface area (TPSA) is 42.4 Å². The van der Waals surface area contributed by atoms with Crippen LogP contribution in [-0.4, -0.2) is 21.8 Å². The van der Waals surface area contributed by atoms with Crippen molar-refractivity contribution in [2.75, 3.05) is 0 Å². The van der Waals surface area contributed by atoms with Crippen LogP contribution in [0.2, 0.25) is 0 Å². The fourth-order valence-electron chi connectivity index (χ4n) is 3.01. The summed E-state index contributed by atoms with van der Waals surface area (Å²) < 4.78 is 5.84. The molecule has 0 bridgehead atoms. The highest BCUT2D eigenvalue weighted by molar-refractivity contribution is 7.09. The molecule has 138 valence electrons. The van der Waals surface area contributed by atoms with E-state index in [2.05, 4.69) is 4.98 Å². The average Bonchev–Trinajstić information content (AvgIpc) is 3.44. The number of carbonyl (C=O) groups is 1. The summed E-state index contributed by atoms with van der Waals surface area (Å²) in [4.78, 5) is 19.5. The number of aryl methyl sites for hydroxylation is 1. The number of benzene rings is 2. The number of hydrogen-bond acceptors (Lipinski definition) is 4. The van der Waals surface area contributed by atoms with Crippen molar-refractivity contribution < 1.29 is 9.53 Å². The lowest BCUT2D eigenvalue weighted by atomic mass is 10.2. The molecular weight excluding hydrogens is 356 g/mol. The minimum atomic E-state index is 0.0867. The van der Waals surface area contributed by atoms with Crippen LogP contribution < -0.4 is 4.74 Å². The molecule has 0 unspecified atom stereocenters. The van der Waals surface area contributed by atoms with E-state index in [-0.39, 0.29) is 5.91 Å². The summed E-state index contributed by atoms with van der Waals surface area (Å²) in [6.07, 6.45) is 2.15. The summed E-state index contributed by atoms with van der Waals surface area (Å²) in [5, 5.41) is 2.96. The lowest BCUT2D eigenvalue weighted by Gasteiger charge is -2.21. The highest BCUT2D eigenvalue weighted by Crippen LogP contribution is 2.30. The van der Waals surface area contributed by atoms with Gasteiger partial charge in [-0.3, -0.25) is 4.79 Å². The number of thiazole rings is 1. The lowest BCUT2D eigenvalue weighted by Crippen LogP contribution is -2.32. The molecule has 1 aliphatic rings. The number of ether oxygens (including phenoxy) is 1. The van der Waals surface area contributed by atoms with E-state index in [0.29, 0.717) is 19.2 Å². The molecule has 27 heavy (non-hydrogen) atoms. The van der Waals surface area contributed by atoms with E-state index < -0.39 is 0 Å². The molecule has 5 heteroatoms. The second kappa shape index (κ2) is 7.92. The van der Waals surface area contributed by atoms with Gasteiger partial charge in [-0.1, -0.05) is 30.3 Å². The van der Waals surface area contributed by atoms with E-state index in [9.17, 15) is 4.79 Å². The Morgan fingerprint density at radius 3 is 2.74 bits per heavy atom. The molecular formula is C22H22N2O2S. The van der Waals surface area contributed by atoms with Crippen molar-refractivity contribution in [3.8, 4) is 5.75 Å². The molecule has 0 aliphatic heterocycles. The number of amides is 1. The molecule has 3 aromatic rings. The minimum absolute atomic E-state index is 0.0867. The Morgan fingerprint density at radius 1 is 1.19 bits per heavy atom. The highest BCUT2D eigenvalue weighted by atomic mass is 32.1. The predicted molar refractivity (Wildman–Crippen MR) is 107 cm³/mol. The summed E-state index contributed by atoms with van der Waals surface area (Å²) >= 11 is 1.58. The second-order valence-corrected chi connectivity index (χ2v) is 7.81. The first-order chi connectivity index (χ1) is 13.2. The molecule has 0 N–H and O–H groups in total. The van der Waals surface area contributed by atoms with Crippen LogP contribution in [0.5, 0.6) is 5.75 Å². The minimum Gasteiger partial charge on any atom is -0.486 e. The Balaban J connectivity index is 1.40. The van der Waals surface area contributed by atoms with Crippen molar-refractivity contribution in [3.05, 3.63) is 81.8 Å². The van der Waals surface area contributed by atoms with Crippen molar-refractivity contribution in [1.29, 1.82) is 0 Å². The Labute approximate surface area is 163 Å². The van der Waals surface area contributed by atoms with Gasteiger partial charge in [0.15, 0.2) is 0 Å². The first-order valence-electron chi connectivity index (χ1n) is 9.18. The van der Waals surface area contributed by atoms with Gasteiger partial charge in [-0.05, 0) is 49.6 Å². The third kappa shape index (κ3) is 4.55. The second-order valence-electron chi connectivity index (χ2n) is 6.87. The van der Waals surface area contributed by atoms with E-state index in [1.165, 1.54) is 5.56 Å². The maximum atomic E-state index is 12.9. The standard InChI is InChI=1S/C22H22N2O2S/c1-16-6-5-9-20(12-16)26-14-21-23-18(15-27-21)13-24(19-10-11-19)22(25)17-7-3-2-4-8-17/h2-9,12,15,19H,10-11,13-14H2,1H3. The molecule has 1 aliphatic carbocycles. The van der Waals surface area contributed by atoms with Crippen LogP contribution in [0.1, 0.15) is 39.5 Å². The number of nitrogens with zero attached hydrogens (tertiary/aromatic N) is 2. The van der Waals surface area contributed by atoms with E-state index in [0.717, 1.165) is 34.9 Å². The van der Waals surface area contributed by atoms with Crippen LogP contribution in [0, 0.1) is 6.92 Å². The summed E-state index contributed by atoms with van der Waals surface area (Å²) in [5.41, 5.74) is 2.84. The molecule has 4 nitrogen and oxygen atoms in total. The number of hydrogen-bond donors (Lipinski definition) is 0. The van der Waals surface area contributed by atoms with Crippen LogP contribution >= 0.6 is 11.3 Å².